The Hall–Kier alpha value is -2.21. The molecule has 2 N–H and O–H groups in total. The maximum atomic E-state index is 11.6. The molecule has 0 atom stereocenters. The fourth-order valence-corrected chi connectivity index (χ4v) is 2.05. The van der Waals surface area contributed by atoms with Crippen LogP contribution < -0.4 is 5.43 Å². The van der Waals surface area contributed by atoms with Crippen molar-refractivity contribution in [2.24, 2.45) is 5.10 Å². The molecular formula is C13H13N3O2S. The molecule has 5 nitrogen and oxygen atoms in total. The van der Waals surface area contributed by atoms with E-state index < -0.39 is 0 Å². The van der Waals surface area contributed by atoms with Crippen molar-refractivity contribution in [3.63, 3.8) is 0 Å². The highest BCUT2D eigenvalue weighted by atomic mass is 32.1. The number of aromatic nitrogens is 1. The molecule has 0 radical (unpaired) electrons. The molecule has 0 aliphatic heterocycles. The normalized spacial score (nSPS) is 10.8. The lowest BCUT2D eigenvalue weighted by Gasteiger charge is -1.97. The van der Waals surface area contributed by atoms with Gasteiger partial charge < -0.3 is 5.11 Å². The number of hydrogen-bond acceptors (Lipinski definition) is 5. The Labute approximate surface area is 114 Å². The van der Waals surface area contributed by atoms with Crippen LogP contribution in [0.1, 0.15) is 16.3 Å². The van der Waals surface area contributed by atoms with Gasteiger partial charge in [0, 0.05) is 5.38 Å². The highest BCUT2D eigenvalue weighted by Gasteiger charge is 2.04. The summed E-state index contributed by atoms with van der Waals surface area (Å²) in [6.07, 6.45) is 1.74. The summed E-state index contributed by atoms with van der Waals surface area (Å²) in [5.74, 6) is -0.0135. The summed E-state index contributed by atoms with van der Waals surface area (Å²) in [6, 6.07) is 6.52. The highest BCUT2D eigenvalue weighted by Crippen LogP contribution is 2.08. The Morgan fingerprint density at radius 1 is 1.47 bits per heavy atom. The quantitative estimate of drug-likeness (QED) is 0.660. The van der Waals surface area contributed by atoms with Crippen LogP contribution in [0.15, 0.2) is 34.7 Å². The van der Waals surface area contributed by atoms with Crippen LogP contribution in [-0.2, 0) is 11.2 Å². The van der Waals surface area contributed by atoms with Crippen molar-refractivity contribution in [1.82, 2.24) is 10.4 Å². The topological polar surface area (TPSA) is 74.6 Å². The first-order valence-electron chi connectivity index (χ1n) is 5.65. The molecule has 1 amide bonds. The molecule has 0 spiro atoms. The second-order valence-corrected chi connectivity index (χ2v) is 4.98. The minimum absolute atomic E-state index is 0.195. The van der Waals surface area contributed by atoms with Crippen molar-refractivity contribution in [3.8, 4) is 5.75 Å². The second-order valence-electron chi connectivity index (χ2n) is 3.92. The van der Waals surface area contributed by atoms with E-state index in [2.05, 4.69) is 15.5 Å². The van der Waals surface area contributed by atoms with Gasteiger partial charge in [0.2, 0.25) is 5.91 Å². The molecule has 0 saturated carbocycles. The van der Waals surface area contributed by atoms with Gasteiger partial charge in [-0.05, 0) is 36.8 Å². The average molecular weight is 275 g/mol. The van der Waals surface area contributed by atoms with Crippen LogP contribution in [-0.4, -0.2) is 22.2 Å². The van der Waals surface area contributed by atoms with E-state index in [1.807, 2.05) is 12.3 Å². The Balaban J connectivity index is 1.84. The fraction of sp³-hybridized carbons (Fsp3) is 0.154. The average Bonchev–Trinajstić information content (AvgIpc) is 2.77. The first kappa shape index (κ1) is 13.2. The number of phenolic OH excluding ortho intramolecular Hbond substituents is 1. The predicted octanol–water partition coefficient (Wildman–Crippen LogP) is 1.85. The van der Waals surface area contributed by atoms with Gasteiger partial charge in [0.05, 0.1) is 23.3 Å². The van der Waals surface area contributed by atoms with Crippen molar-refractivity contribution in [2.75, 3.05) is 0 Å². The molecule has 0 fully saturated rings. The molecular weight excluding hydrogens is 262 g/mol. The Kier molecular flexibility index (Phi) is 4.25. The summed E-state index contributed by atoms with van der Waals surface area (Å²) in [5, 5.41) is 15.8. The van der Waals surface area contributed by atoms with Crippen molar-refractivity contribution >= 4 is 23.5 Å². The Bertz CT molecular complexity index is 590. The number of thiazole rings is 1. The molecule has 19 heavy (non-hydrogen) atoms. The molecule has 0 bridgehead atoms. The van der Waals surface area contributed by atoms with Crippen LogP contribution in [0.5, 0.6) is 5.75 Å². The van der Waals surface area contributed by atoms with Crippen molar-refractivity contribution in [2.45, 2.75) is 13.3 Å². The number of aromatic hydroxyl groups is 1. The van der Waals surface area contributed by atoms with Crippen LogP contribution >= 0.6 is 11.3 Å². The third-order valence-corrected chi connectivity index (χ3v) is 3.13. The van der Waals surface area contributed by atoms with Gasteiger partial charge >= 0.3 is 0 Å². The number of nitrogens with zero attached hydrogens (tertiary/aromatic N) is 2. The third-order valence-electron chi connectivity index (χ3n) is 2.30. The van der Waals surface area contributed by atoms with Crippen LogP contribution in [0.3, 0.4) is 0 Å². The molecule has 6 heteroatoms. The maximum Gasteiger partial charge on any atom is 0.246 e. The van der Waals surface area contributed by atoms with Crippen molar-refractivity contribution in [1.29, 1.82) is 0 Å². The first-order valence-corrected chi connectivity index (χ1v) is 6.53. The monoisotopic (exact) mass is 275 g/mol. The maximum absolute atomic E-state index is 11.6. The van der Waals surface area contributed by atoms with Crippen LogP contribution in [0.25, 0.3) is 0 Å². The van der Waals surface area contributed by atoms with Gasteiger partial charge in [0.15, 0.2) is 0 Å². The number of carbonyl (C=O) groups excluding carboxylic acids is 1. The molecule has 1 heterocycles. The molecule has 2 rings (SSSR count). The summed E-state index contributed by atoms with van der Waals surface area (Å²) < 4.78 is 0. The molecule has 1 aromatic carbocycles. The lowest BCUT2D eigenvalue weighted by molar-refractivity contribution is -0.120. The summed E-state index contributed by atoms with van der Waals surface area (Å²) in [6.45, 7) is 1.90. The van der Waals surface area contributed by atoms with E-state index in [1.54, 1.807) is 24.3 Å². The standard InChI is InChI=1S/C13H13N3O2S/c1-9-15-11(8-19-9)6-13(18)16-14-7-10-2-4-12(17)5-3-10/h2-5,7-8,17H,6H2,1H3,(H,16,18)/b14-7+. The number of aryl methyl sites for hydroxylation is 1. The number of benzene rings is 1. The van der Waals surface area contributed by atoms with Gasteiger partial charge in [0.25, 0.3) is 0 Å². The van der Waals surface area contributed by atoms with Gasteiger partial charge in [-0.1, -0.05) is 0 Å². The number of hydrazone groups is 1. The van der Waals surface area contributed by atoms with Crippen LogP contribution in [0.4, 0.5) is 0 Å². The van der Waals surface area contributed by atoms with Crippen LogP contribution in [0.2, 0.25) is 0 Å². The zero-order valence-corrected chi connectivity index (χ0v) is 11.1. The number of carbonyl (C=O) groups is 1. The Morgan fingerprint density at radius 3 is 2.84 bits per heavy atom. The zero-order chi connectivity index (χ0) is 13.7. The fourth-order valence-electron chi connectivity index (χ4n) is 1.43. The van der Waals surface area contributed by atoms with E-state index in [9.17, 15) is 4.79 Å². The van der Waals surface area contributed by atoms with Gasteiger partial charge in [-0.25, -0.2) is 10.4 Å². The molecule has 0 aliphatic rings. The number of phenols is 1. The van der Waals surface area contributed by atoms with E-state index in [0.717, 1.165) is 16.3 Å². The lowest BCUT2D eigenvalue weighted by atomic mass is 10.2. The van der Waals surface area contributed by atoms with E-state index in [1.165, 1.54) is 17.6 Å². The predicted molar refractivity (Wildman–Crippen MR) is 74.4 cm³/mol. The largest absolute Gasteiger partial charge is 0.508 e. The van der Waals surface area contributed by atoms with Crippen molar-refractivity contribution < 1.29 is 9.90 Å². The van der Waals surface area contributed by atoms with E-state index in [0.29, 0.717) is 0 Å². The zero-order valence-electron chi connectivity index (χ0n) is 10.3. The summed E-state index contributed by atoms with van der Waals surface area (Å²) in [7, 11) is 0. The molecule has 0 unspecified atom stereocenters. The SMILES string of the molecule is Cc1nc(CC(=O)N/N=C/c2ccc(O)cc2)cs1. The second kappa shape index (κ2) is 6.10. The Morgan fingerprint density at radius 2 is 2.21 bits per heavy atom. The number of rotatable bonds is 4. The number of nitrogens with one attached hydrogen (secondary N) is 1. The molecule has 98 valence electrons. The molecule has 0 aliphatic carbocycles. The van der Waals surface area contributed by atoms with Crippen molar-refractivity contribution in [3.05, 3.63) is 45.9 Å². The third kappa shape index (κ3) is 4.18. The number of hydrogen-bond donors (Lipinski definition) is 2. The van der Waals surface area contributed by atoms with Gasteiger partial charge in [-0.3, -0.25) is 4.79 Å². The van der Waals surface area contributed by atoms with E-state index in [-0.39, 0.29) is 18.1 Å². The summed E-state index contributed by atoms with van der Waals surface area (Å²) in [4.78, 5) is 15.8. The summed E-state index contributed by atoms with van der Waals surface area (Å²) in [5.41, 5.74) is 3.98. The van der Waals surface area contributed by atoms with Gasteiger partial charge in [0.1, 0.15) is 5.75 Å². The molecule has 1 aromatic heterocycles. The lowest BCUT2D eigenvalue weighted by Crippen LogP contribution is -2.19. The summed E-state index contributed by atoms with van der Waals surface area (Å²) >= 11 is 1.52. The minimum atomic E-state index is -0.208. The minimum Gasteiger partial charge on any atom is -0.508 e. The molecule has 0 saturated heterocycles. The smallest absolute Gasteiger partial charge is 0.246 e. The molecule has 2 aromatic rings. The van der Waals surface area contributed by atoms with E-state index in [4.69, 9.17) is 5.11 Å². The number of amides is 1. The van der Waals surface area contributed by atoms with E-state index >= 15 is 0 Å². The first-order chi connectivity index (χ1) is 9.13. The highest BCUT2D eigenvalue weighted by molar-refractivity contribution is 7.09. The van der Waals surface area contributed by atoms with Gasteiger partial charge in [-0.2, -0.15) is 5.10 Å². The van der Waals surface area contributed by atoms with Crippen LogP contribution in [0, 0.1) is 6.92 Å². The van der Waals surface area contributed by atoms with Gasteiger partial charge in [-0.15, -0.1) is 11.3 Å².